The van der Waals surface area contributed by atoms with Crippen LogP contribution in [0.2, 0.25) is 0 Å². The minimum absolute atomic E-state index is 0.172. The number of alkyl halides is 1. The molecule has 4 nitrogen and oxygen atoms in total. The van der Waals surface area contributed by atoms with Crippen LogP contribution in [0.15, 0.2) is 24.3 Å². The van der Waals surface area contributed by atoms with Crippen LogP contribution in [0.3, 0.4) is 0 Å². The zero-order valence-corrected chi connectivity index (χ0v) is 12.2. The number of amides is 1. The Bertz CT molecular complexity index is 425. The zero-order valence-electron chi connectivity index (χ0n) is 11.4. The van der Waals surface area contributed by atoms with E-state index in [-0.39, 0.29) is 5.91 Å². The van der Waals surface area contributed by atoms with Crippen molar-refractivity contribution in [3.8, 4) is 0 Å². The van der Waals surface area contributed by atoms with Gasteiger partial charge in [0.1, 0.15) is 5.38 Å². The zero-order chi connectivity index (χ0) is 13.8. The highest BCUT2D eigenvalue weighted by Gasteiger charge is 2.14. The minimum atomic E-state index is -0.516. The SMILES string of the molecule is C[C@H](Cl)C(=O)Nc1ccc(N2CCN(C)CC2)cc1. The molecule has 0 aliphatic carbocycles. The number of hydrogen-bond donors (Lipinski definition) is 1. The number of likely N-dealkylation sites (N-methyl/N-ethyl adjacent to an activating group) is 1. The van der Waals surface area contributed by atoms with Gasteiger partial charge in [0, 0.05) is 37.6 Å². The molecule has 2 rings (SSSR count). The molecule has 0 spiro atoms. The van der Waals surface area contributed by atoms with Crippen molar-refractivity contribution in [3.05, 3.63) is 24.3 Å². The van der Waals surface area contributed by atoms with Crippen LogP contribution >= 0.6 is 11.6 Å². The highest BCUT2D eigenvalue weighted by molar-refractivity contribution is 6.32. The fourth-order valence-electron chi connectivity index (χ4n) is 2.06. The second-order valence-corrected chi connectivity index (χ2v) is 5.60. The van der Waals surface area contributed by atoms with Crippen molar-refractivity contribution < 1.29 is 4.79 Å². The van der Waals surface area contributed by atoms with Gasteiger partial charge < -0.3 is 15.1 Å². The predicted octanol–water partition coefficient (Wildman–Crippen LogP) is 2.00. The van der Waals surface area contributed by atoms with Gasteiger partial charge in [-0.25, -0.2) is 0 Å². The number of halogens is 1. The van der Waals surface area contributed by atoms with Gasteiger partial charge in [0.2, 0.25) is 5.91 Å². The number of benzene rings is 1. The summed E-state index contributed by atoms with van der Waals surface area (Å²) in [7, 11) is 2.14. The van der Waals surface area contributed by atoms with Crippen LogP contribution in [0.5, 0.6) is 0 Å². The van der Waals surface area contributed by atoms with Crippen molar-refractivity contribution in [1.82, 2.24) is 4.90 Å². The lowest BCUT2D eigenvalue weighted by Crippen LogP contribution is -2.44. The summed E-state index contributed by atoms with van der Waals surface area (Å²) >= 11 is 5.72. The molecular weight excluding hydrogens is 262 g/mol. The molecule has 1 fully saturated rings. The smallest absolute Gasteiger partial charge is 0.242 e. The van der Waals surface area contributed by atoms with E-state index in [4.69, 9.17) is 11.6 Å². The monoisotopic (exact) mass is 281 g/mol. The Morgan fingerprint density at radius 2 is 1.79 bits per heavy atom. The Kier molecular flexibility index (Phi) is 4.66. The summed E-state index contributed by atoms with van der Waals surface area (Å²) in [6.45, 7) is 5.92. The Hall–Kier alpha value is -1.26. The highest BCUT2D eigenvalue weighted by atomic mass is 35.5. The maximum atomic E-state index is 11.5. The Balaban J connectivity index is 1.96. The largest absolute Gasteiger partial charge is 0.369 e. The summed E-state index contributed by atoms with van der Waals surface area (Å²) in [5.41, 5.74) is 1.99. The molecule has 104 valence electrons. The number of anilines is 2. The van der Waals surface area contributed by atoms with E-state index in [2.05, 4.69) is 22.2 Å². The number of nitrogens with zero attached hydrogens (tertiary/aromatic N) is 2. The van der Waals surface area contributed by atoms with Crippen LogP contribution < -0.4 is 10.2 Å². The first-order chi connectivity index (χ1) is 9.06. The molecule has 5 heteroatoms. The Morgan fingerprint density at radius 3 is 2.32 bits per heavy atom. The third-order valence-electron chi connectivity index (χ3n) is 3.36. The molecule has 0 saturated carbocycles. The van der Waals surface area contributed by atoms with Crippen LogP contribution in [-0.4, -0.2) is 49.4 Å². The van der Waals surface area contributed by atoms with Gasteiger partial charge in [0.15, 0.2) is 0 Å². The average molecular weight is 282 g/mol. The molecule has 1 aliphatic heterocycles. The van der Waals surface area contributed by atoms with Crippen LogP contribution in [0.1, 0.15) is 6.92 Å². The molecule has 0 bridgehead atoms. The summed E-state index contributed by atoms with van der Waals surface area (Å²) in [6, 6.07) is 7.93. The first-order valence-electron chi connectivity index (χ1n) is 6.55. The van der Waals surface area contributed by atoms with Crippen molar-refractivity contribution in [2.24, 2.45) is 0 Å². The summed E-state index contributed by atoms with van der Waals surface area (Å²) in [4.78, 5) is 16.2. The number of hydrogen-bond acceptors (Lipinski definition) is 3. The van der Waals surface area contributed by atoms with Gasteiger partial charge in [0.05, 0.1) is 0 Å². The molecule has 1 aromatic rings. The molecule has 1 aromatic carbocycles. The van der Waals surface area contributed by atoms with Crippen molar-refractivity contribution in [2.45, 2.75) is 12.3 Å². The van der Waals surface area contributed by atoms with Gasteiger partial charge in [-0.3, -0.25) is 4.79 Å². The van der Waals surface area contributed by atoms with E-state index in [0.717, 1.165) is 31.9 Å². The normalized spacial score (nSPS) is 18.2. The summed E-state index contributed by atoms with van der Waals surface area (Å²) in [5, 5.41) is 2.26. The first-order valence-corrected chi connectivity index (χ1v) is 6.98. The van der Waals surface area contributed by atoms with Crippen molar-refractivity contribution >= 4 is 28.9 Å². The second kappa shape index (κ2) is 6.26. The molecule has 1 heterocycles. The lowest BCUT2D eigenvalue weighted by molar-refractivity contribution is -0.115. The van der Waals surface area contributed by atoms with E-state index in [1.54, 1.807) is 6.92 Å². The van der Waals surface area contributed by atoms with E-state index >= 15 is 0 Å². The second-order valence-electron chi connectivity index (χ2n) is 4.94. The quantitative estimate of drug-likeness (QED) is 0.861. The third kappa shape index (κ3) is 3.85. The summed E-state index contributed by atoms with van der Waals surface area (Å²) < 4.78 is 0. The molecule has 1 N–H and O–H groups in total. The maximum absolute atomic E-state index is 11.5. The van der Waals surface area contributed by atoms with Gasteiger partial charge in [-0.1, -0.05) is 0 Å². The van der Waals surface area contributed by atoms with Crippen molar-refractivity contribution in [1.29, 1.82) is 0 Å². The summed E-state index contributed by atoms with van der Waals surface area (Å²) in [6.07, 6.45) is 0. The number of nitrogens with one attached hydrogen (secondary N) is 1. The Labute approximate surface area is 119 Å². The molecule has 0 radical (unpaired) electrons. The summed E-state index contributed by atoms with van der Waals surface area (Å²) in [5.74, 6) is -0.172. The average Bonchev–Trinajstić information content (AvgIpc) is 2.40. The predicted molar refractivity (Wildman–Crippen MR) is 80.1 cm³/mol. The van der Waals surface area contributed by atoms with Crippen LogP contribution in [0, 0.1) is 0 Å². The molecule has 1 atom stereocenters. The van der Waals surface area contributed by atoms with Gasteiger partial charge in [-0.2, -0.15) is 0 Å². The first kappa shape index (κ1) is 14.2. The van der Waals surface area contributed by atoms with Gasteiger partial charge >= 0.3 is 0 Å². The lowest BCUT2D eigenvalue weighted by Gasteiger charge is -2.34. The van der Waals surface area contributed by atoms with Crippen molar-refractivity contribution in [3.63, 3.8) is 0 Å². The van der Waals surface area contributed by atoms with Crippen molar-refractivity contribution in [2.75, 3.05) is 43.4 Å². The number of piperazine rings is 1. The third-order valence-corrected chi connectivity index (χ3v) is 3.56. The molecule has 0 unspecified atom stereocenters. The Morgan fingerprint density at radius 1 is 1.21 bits per heavy atom. The van der Waals surface area contributed by atoms with Gasteiger partial charge in [-0.05, 0) is 38.2 Å². The van der Waals surface area contributed by atoms with E-state index in [1.807, 2.05) is 24.3 Å². The standard InChI is InChI=1S/C14H20ClN3O/c1-11(15)14(19)16-12-3-5-13(6-4-12)18-9-7-17(2)8-10-18/h3-6,11H,7-10H2,1-2H3,(H,16,19)/t11-/m0/s1. The minimum Gasteiger partial charge on any atom is -0.369 e. The maximum Gasteiger partial charge on any atom is 0.242 e. The molecule has 0 aromatic heterocycles. The van der Waals surface area contributed by atoms with E-state index in [1.165, 1.54) is 5.69 Å². The molecule has 19 heavy (non-hydrogen) atoms. The molecule has 1 amide bonds. The molecule has 1 aliphatic rings. The number of carbonyl (C=O) groups excluding carboxylic acids is 1. The van der Waals surface area contributed by atoms with E-state index < -0.39 is 5.38 Å². The number of rotatable bonds is 3. The number of carbonyl (C=O) groups is 1. The van der Waals surface area contributed by atoms with E-state index in [9.17, 15) is 4.79 Å². The topological polar surface area (TPSA) is 35.6 Å². The van der Waals surface area contributed by atoms with Crippen LogP contribution in [0.25, 0.3) is 0 Å². The molecule has 1 saturated heterocycles. The highest BCUT2D eigenvalue weighted by Crippen LogP contribution is 2.19. The molecular formula is C14H20ClN3O. The lowest BCUT2D eigenvalue weighted by atomic mass is 10.2. The van der Waals surface area contributed by atoms with Gasteiger partial charge in [-0.15, -0.1) is 11.6 Å². The van der Waals surface area contributed by atoms with Crippen LogP contribution in [-0.2, 0) is 4.79 Å². The van der Waals surface area contributed by atoms with E-state index in [0.29, 0.717) is 0 Å². The van der Waals surface area contributed by atoms with Gasteiger partial charge in [0.25, 0.3) is 0 Å². The fourth-order valence-corrected chi connectivity index (χ4v) is 2.12. The fraction of sp³-hybridized carbons (Fsp3) is 0.500. The van der Waals surface area contributed by atoms with Crippen LogP contribution in [0.4, 0.5) is 11.4 Å².